The molecular weight excluding hydrogens is 234 g/mol. The number of halogens is 1. The van der Waals surface area contributed by atoms with E-state index in [4.69, 9.17) is 5.11 Å². The van der Waals surface area contributed by atoms with Gasteiger partial charge in [-0.05, 0) is 29.7 Å². The van der Waals surface area contributed by atoms with Crippen LogP contribution in [0.1, 0.15) is 17.2 Å². The molecule has 0 radical (unpaired) electrons. The van der Waals surface area contributed by atoms with Gasteiger partial charge in [-0.25, -0.2) is 0 Å². The maximum atomic E-state index is 10.9. The van der Waals surface area contributed by atoms with Gasteiger partial charge in [0.1, 0.15) is 6.04 Å². The van der Waals surface area contributed by atoms with Crippen LogP contribution in [0.4, 0.5) is 0 Å². The van der Waals surface area contributed by atoms with Crippen molar-refractivity contribution in [1.29, 1.82) is 0 Å². The molecule has 88 valence electrons. The normalized spacial score (nSPS) is 18.4. The number of fused-ring (bicyclic) bond motifs is 1. The SMILES string of the molecule is Cl.O=C(O)C1NCCc2cc(O)c(O)cc21. The predicted octanol–water partition coefficient (Wildman–Crippen LogP) is 0.791. The molecule has 0 aromatic heterocycles. The number of rotatable bonds is 1. The summed E-state index contributed by atoms with van der Waals surface area (Å²) in [4.78, 5) is 10.9. The average molecular weight is 246 g/mol. The molecule has 1 aromatic rings. The second kappa shape index (κ2) is 4.59. The number of phenols is 2. The second-order valence-corrected chi connectivity index (χ2v) is 3.52. The Morgan fingerprint density at radius 3 is 2.56 bits per heavy atom. The fourth-order valence-electron chi connectivity index (χ4n) is 1.80. The number of nitrogens with one attached hydrogen (secondary N) is 1. The van der Waals surface area contributed by atoms with Crippen LogP contribution in [0.25, 0.3) is 0 Å². The number of phenolic OH excluding ortho intramolecular Hbond substituents is 2. The zero-order chi connectivity index (χ0) is 11.0. The lowest BCUT2D eigenvalue weighted by atomic mass is 9.94. The van der Waals surface area contributed by atoms with E-state index in [0.717, 1.165) is 5.56 Å². The summed E-state index contributed by atoms with van der Waals surface area (Å²) in [6, 6.07) is 1.91. The van der Waals surface area contributed by atoms with Crippen molar-refractivity contribution in [3.63, 3.8) is 0 Å². The summed E-state index contributed by atoms with van der Waals surface area (Å²) in [7, 11) is 0. The highest BCUT2D eigenvalue weighted by molar-refractivity contribution is 5.85. The van der Waals surface area contributed by atoms with Crippen LogP contribution in [0.3, 0.4) is 0 Å². The summed E-state index contributed by atoms with van der Waals surface area (Å²) in [5, 5.41) is 30.4. The molecule has 2 rings (SSSR count). The lowest BCUT2D eigenvalue weighted by molar-refractivity contribution is -0.139. The highest BCUT2D eigenvalue weighted by Gasteiger charge is 2.26. The predicted molar refractivity (Wildman–Crippen MR) is 59.1 cm³/mol. The Hall–Kier alpha value is -1.46. The van der Waals surface area contributed by atoms with Gasteiger partial charge in [-0.1, -0.05) is 0 Å². The van der Waals surface area contributed by atoms with Gasteiger partial charge in [-0.3, -0.25) is 4.79 Å². The van der Waals surface area contributed by atoms with Crippen LogP contribution < -0.4 is 5.32 Å². The minimum atomic E-state index is -0.985. The van der Waals surface area contributed by atoms with E-state index in [1.165, 1.54) is 12.1 Å². The van der Waals surface area contributed by atoms with Crippen LogP contribution in [-0.4, -0.2) is 27.8 Å². The number of aromatic hydroxyl groups is 2. The zero-order valence-electron chi connectivity index (χ0n) is 8.30. The third-order valence-electron chi connectivity index (χ3n) is 2.54. The van der Waals surface area contributed by atoms with Crippen molar-refractivity contribution in [2.75, 3.05) is 6.54 Å². The highest BCUT2D eigenvalue weighted by Crippen LogP contribution is 2.33. The molecule has 1 aromatic carbocycles. The molecule has 1 atom stereocenters. The Morgan fingerprint density at radius 1 is 1.31 bits per heavy atom. The van der Waals surface area contributed by atoms with Crippen LogP contribution in [0.15, 0.2) is 12.1 Å². The molecule has 1 unspecified atom stereocenters. The molecular formula is C10H12ClNO4. The van der Waals surface area contributed by atoms with Crippen molar-refractivity contribution in [3.05, 3.63) is 23.3 Å². The van der Waals surface area contributed by atoms with E-state index in [-0.39, 0.29) is 23.9 Å². The number of hydrogen-bond acceptors (Lipinski definition) is 4. The van der Waals surface area contributed by atoms with Crippen molar-refractivity contribution < 1.29 is 20.1 Å². The van der Waals surface area contributed by atoms with E-state index in [9.17, 15) is 15.0 Å². The number of carboxylic acids is 1. The van der Waals surface area contributed by atoms with Crippen molar-refractivity contribution in [2.45, 2.75) is 12.5 Å². The molecule has 0 spiro atoms. The number of carbonyl (C=O) groups is 1. The molecule has 4 N–H and O–H groups in total. The van der Waals surface area contributed by atoms with Gasteiger partial charge in [0.25, 0.3) is 0 Å². The molecule has 1 aliphatic rings. The topological polar surface area (TPSA) is 89.8 Å². The summed E-state index contributed by atoms with van der Waals surface area (Å²) in [5.41, 5.74) is 1.28. The van der Waals surface area contributed by atoms with Gasteiger partial charge in [0, 0.05) is 6.54 Å². The summed E-state index contributed by atoms with van der Waals surface area (Å²) < 4.78 is 0. The number of hydrogen-bond donors (Lipinski definition) is 4. The molecule has 16 heavy (non-hydrogen) atoms. The van der Waals surface area contributed by atoms with Crippen molar-refractivity contribution in [3.8, 4) is 11.5 Å². The van der Waals surface area contributed by atoms with Gasteiger partial charge in [-0.2, -0.15) is 0 Å². The maximum Gasteiger partial charge on any atom is 0.325 e. The number of carboxylic acid groups (broad SMARTS) is 1. The minimum Gasteiger partial charge on any atom is -0.504 e. The molecule has 0 aliphatic carbocycles. The highest BCUT2D eigenvalue weighted by atomic mass is 35.5. The zero-order valence-corrected chi connectivity index (χ0v) is 9.12. The van der Waals surface area contributed by atoms with Crippen LogP contribution in [0.5, 0.6) is 11.5 Å². The Morgan fingerprint density at radius 2 is 1.94 bits per heavy atom. The Labute approximate surface area is 98.1 Å². The van der Waals surface area contributed by atoms with Crippen LogP contribution >= 0.6 is 12.4 Å². The van der Waals surface area contributed by atoms with Crippen molar-refractivity contribution in [2.24, 2.45) is 0 Å². The molecule has 0 amide bonds. The first-order chi connectivity index (χ1) is 7.09. The van der Waals surface area contributed by atoms with E-state index in [1.807, 2.05) is 0 Å². The number of aliphatic carboxylic acids is 1. The van der Waals surface area contributed by atoms with E-state index in [0.29, 0.717) is 18.5 Å². The van der Waals surface area contributed by atoms with Gasteiger partial charge in [-0.15, -0.1) is 12.4 Å². The standard InChI is InChI=1S/C10H11NO4.ClH/c12-7-3-5-1-2-11-9(10(14)15)6(5)4-8(7)13;/h3-4,9,11-13H,1-2H2,(H,14,15);1H. The average Bonchev–Trinajstić information content (AvgIpc) is 2.18. The fraction of sp³-hybridized carbons (Fsp3) is 0.300. The largest absolute Gasteiger partial charge is 0.504 e. The van der Waals surface area contributed by atoms with E-state index >= 15 is 0 Å². The molecule has 0 bridgehead atoms. The van der Waals surface area contributed by atoms with Crippen LogP contribution in [0, 0.1) is 0 Å². The minimum absolute atomic E-state index is 0. The smallest absolute Gasteiger partial charge is 0.325 e. The lowest BCUT2D eigenvalue weighted by Gasteiger charge is -2.24. The summed E-state index contributed by atoms with van der Waals surface area (Å²) in [6.07, 6.45) is 0.646. The van der Waals surface area contributed by atoms with Crippen LogP contribution in [-0.2, 0) is 11.2 Å². The third kappa shape index (κ3) is 2.05. The molecule has 1 aliphatic heterocycles. The van der Waals surface area contributed by atoms with Crippen molar-refractivity contribution in [1.82, 2.24) is 5.32 Å². The first kappa shape index (κ1) is 12.6. The quantitative estimate of drug-likeness (QED) is 0.550. The van der Waals surface area contributed by atoms with Gasteiger partial charge >= 0.3 is 5.97 Å². The number of benzene rings is 1. The second-order valence-electron chi connectivity index (χ2n) is 3.52. The molecule has 0 fully saturated rings. The van der Waals surface area contributed by atoms with E-state index in [2.05, 4.69) is 5.32 Å². The molecule has 6 heteroatoms. The molecule has 0 saturated heterocycles. The summed E-state index contributed by atoms with van der Waals surface area (Å²) in [6.45, 7) is 0.550. The van der Waals surface area contributed by atoms with Gasteiger partial charge in [0.05, 0.1) is 0 Å². The lowest BCUT2D eigenvalue weighted by Crippen LogP contribution is -2.34. The Kier molecular flexibility index (Phi) is 3.62. The first-order valence-electron chi connectivity index (χ1n) is 4.60. The first-order valence-corrected chi connectivity index (χ1v) is 4.60. The van der Waals surface area contributed by atoms with Gasteiger partial charge < -0.3 is 20.6 Å². The van der Waals surface area contributed by atoms with E-state index in [1.54, 1.807) is 0 Å². The Balaban J connectivity index is 0.00000128. The summed E-state index contributed by atoms with van der Waals surface area (Å²) in [5.74, 6) is -1.48. The maximum absolute atomic E-state index is 10.9. The monoisotopic (exact) mass is 245 g/mol. The summed E-state index contributed by atoms with van der Waals surface area (Å²) >= 11 is 0. The van der Waals surface area contributed by atoms with Gasteiger partial charge in [0.15, 0.2) is 11.5 Å². The van der Waals surface area contributed by atoms with E-state index < -0.39 is 12.0 Å². The van der Waals surface area contributed by atoms with Crippen molar-refractivity contribution >= 4 is 18.4 Å². The molecule has 5 nitrogen and oxygen atoms in total. The van der Waals surface area contributed by atoms with Crippen LogP contribution in [0.2, 0.25) is 0 Å². The fourth-order valence-corrected chi connectivity index (χ4v) is 1.80. The Bertz CT molecular complexity index is 422. The molecule has 0 saturated carbocycles. The molecule has 1 heterocycles. The van der Waals surface area contributed by atoms with Gasteiger partial charge in [0.2, 0.25) is 0 Å². The third-order valence-corrected chi connectivity index (χ3v) is 2.54.